The zero-order valence-electron chi connectivity index (χ0n) is 15.4. The fourth-order valence-corrected chi connectivity index (χ4v) is 3.57. The predicted octanol–water partition coefficient (Wildman–Crippen LogP) is 2.34. The molecule has 1 aromatic heterocycles. The molecule has 1 atom stereocenters. The molecule has 1 unspecified atom stereocenters. The van der Waals surface area contributed by atoms with E-state index < -0.39 is 0 Å². The molecule has 0 radical (unpaired) electrons. The molecule has 4 rings (SSSR count). The summed E-state index contributed by atoms with van der Waals surface area (Å²) in [5.74, 6) is 2.52. The highest BCUT2D eigenvalue weighted by Crippen LogP contribution is 2.32. The molecular weight excluding hydrogens is 344 g/mol. The van der Waals surface area contributed by atoms with Gasteiger partial charge in [-0.1, -0.05) is 6.07 Å². The van der Waals surface area contributed by atoms with E-state index >= 15 is 0 Å². The van der Waals surface area contributed by atoms with Crippen LogP contribution < -0.4 is 19.7 Å². The third kappa shape index (κ3) is 3.97. The molecule has 0 spiro atoms. The topological polar surface area (TPSA) is 76.6 Å². The molecule has 1 amide bonds. The Morgan fingerprint density at radius 2 is 1.96 bits per heavy atom. The highest BCUT2D eigenvalue weighted by molar-refractivity contribution is 5.79. The van der Waals surface area contributed by atoms with Crippen LogP contribution in [0.1, 0.15) is 31.4 Å². The molecule has 1 fully saturated rings. The highest BCUT2D eigenvalue weighted by atomic mass is 16.6. The molecule has 1 aromatic carbocycles. The van der Waals surface area contributed by atoms with Crippen molar-refractivity contribution in [1.29, 1.82) is 0 Å². The number of rotatable bonds is 4. The second kappa shape index (κ2) is 7.82. The van der Waals surface area contributed by atoms with Crippen LogP contribution in [0.15, 0.2) is 36.8 Å². The van der Waals surface area contributed by atoms with Crippen LogP contribution >= 0.6 is 0 Å². The Kier molecular flexibility index (Phi) is 5.09. The first-order chi connectivity index (χ1) is 13.2. The fourth-order valence-electron chi connectivity index (χ4n) is 3.57. The Balaban J connectivity index is 1.33. The van der Waals surface area contributed by atoms with Gasteiger partial charge in [-0.15, -0.1) is 0 Å². The van der Waals surface area contributed by atoms with Gasteiger partial charge >= 0.3 is 0 Å². The number of hydrogen-bond donors (Lipinski definition) is 1. The van der Waals surface area contributed by atoms with Gasteiger partial charge < -0.3 is 19.7 Å². The summed E-state index contributed by atoms with van der Waals surface area (Å²) in [6.07, 6.45) is 6.77. The molecule has 2 aromatic rings. The largest absolute Gasteiger partial charge is 0.486 e. The predicted molar refractivity (Wildman–Crippen MR) is 101 cm³/mol. The lowest BCUT2D eigenvalue weighted by Gasteiger charge is -2.32. The van der Waals surface area contributed by atoms with E-state index in [1.54, 1.807) is 18.6 Å². The Morgan fingerprint density at radius 3 is 2.70 bits per heavy atom. The first-order valence-corrected chi connectivity index (χ1v) is 9.41. The highest BCUT2D eigenvalue weighted by Gasteiger charge is 2.27. The van der Waals surface area contributed by atoms with E-state index in [1.807, 2.05) is 25.1 Å². The summed E-state index contributed by atoms with van der Waals surface area (Å²) >= 11 is 0. The average Bonchev–Trinajstić information content (AvgIpc) is 2.74. The van der Waals surface area contributed by atoms with E-state index in [1.165, 1.54) is 0 Å². The van der Waals surface area contributed by atoms with E-state index in [0.717, 1.165) is 48.8 Å². The van der Waals surface area contributed by atoms with E-state index in [2.05, 4.69) is 20.2 Å². The molecule has 7 nitrogen and oxygen atoms in total. The number of piperidine rings is 1. The Labute approximate surface area is 158 Å². The first-order valence-electron chi connectivity index (χ1n) is 9.41. The van der Waals surface area contributed by atoms with Gasteiger partial charge in [-0.05, 0) is 37.5 Å². The van der Waals surface area contributed by atoms with E-state index in [9.17, 15) is 4.79 Å². The van der Waals surface area contributed by atoms with Crippen molar-refractivity contribution in [3.8, 4) is 11.5 Å². The summed E-state index contributed by atoms with van der Waals surface area (Å²) in [5, 5.41) is 3.15. The summed E-state index contributed by atoms with van der Waals surface area (Å²) < 4.78 is 11.2. The number of benzene rings is 1. The number of hydrogen-bond acceptors (Lipinski definition) is 6. The molecular formula is C20H24N4O3. The lowest BCUT2D eigenvalue weighted by Crippen LogP contribution is -2.41. The number of nitrogens with zero attached hydrogens (tertiary/aromatic N) is 3. The molecule has 7 heteroatoms. The van der Waals surface area contributed by atoms with Crippen LogP contribution in [0.3, 0.4) is 0 Å². The summed E-state index contributed by atoms with van der Waals surface area (Å²) in [6.45, 7) is 4.76. The molecule has 2 aliphatic rings. The first kappa shape index (κ1) is 17.6. The van der Waals surface area contributed by atoms with Crippen molar-refractivity contribution < 1.29 is 14.3 Å². The van der Waals surface area contributed by atoms with Crippen molar-refractivity contribution in [1.82, 2.24) is 15.3 Å². The molecule has 1 saturated heterocycles. The number of fused-ring (bicyclic) bond motifs is 1. The second-order valence-corrected chi connectivity index (χ2v) is 6.96. The number of ether oxygens (including phenoxy) is 2. The molecule has 142 valence electrons. The third-order valence-electron chi connectivity index (χ3n) is 5.16. The number of aromatic nitrogens is 2. The molecule has 3 heterocycles. The monoisotopic (exact) mass is 368 g/mol. The zero-order valence-corrected chi connectivity index (χ0v) is 15.4. The minimum Gasteiger partial charge on any atom is -0.486 e. The molecule has 2 aliphatic heterocycles. The summed E-state index contributed by atoms with van der Waals surface area (Å²) in [4.78, 5) is 23.3. The van der Waals surface area contributed by atoms with E-state index in [-0.39, 0.29) is 17.9 Å². The van der Waals surface area contributed by atoms with Crippen LogP contribution in [-0.2, 0) is 4.79 Å². The van der Waals surface area contributed by atoms with Gasteiger partial charge in [-0.3, -0.25) is 9.78 Å². The number of anilines is 1. The normalized spacial score (nSPS) is 18.0. The van der Waals surface area contributed by atoms with Gasteiger partial charge in [0.15, 0.2) is 11.5 Å². The Bertz CT molecular complexity index is 791. The average molecular weight is 368 g/mol. The van der Waals surface area contributed by atoms with Crippen molar-refractivity contribution in [2.24, 2.45) is 5.92 Å². The lowest BCUT2D eigenvalue weighted by molar-refractivity contribution is -0.126. The second-order valence-electron chi connectivity index (χ2n) is 6.96. The molecule has 27 heavy (non-hydrogen) atoms. The van der Waals surface area contributed by atoms with Gasteiger partial charge in [-0.2, -0.15) is 0 Å². The van der Waals surface area contributed by atoms with Crippen molar-refractivity contribution in [2.45, 2.75) is 25.8 Å². The van der Waals surface area contributed by atoms with Gasteiger partial charge in [-0.25, -0.2) is 4.98 Å². The van der Waals surface area contributed by atoms with Crippen LogP contribution in [-0.4, -0.2) is 42.2 Å². The number of carbonyl (C=O) groups is 1. The molecule has 0 bridgehead atoms. The number of carbonyl (C=O) groups excluding carboxylic acids is 1. The van der Waals surface area contributed by atoms with Crippen LogP contribution in [0.2, 0.25) is 0 Å². The van der Waals surface area contributed by atoms with Gasteiger partial charge in [0.25, 0.3) is 0 Å². The smallest absolute Gasteiger partial charge is 0.223 e. The van der Waals surface area contributed by atoms with E-state index in [4.69, 9.17) is 9.47 Å². The van der Waals surface area contributed by atoms with Crippen molar-refractivity contribution in [3.63, 3.8) is 0 Å². The summed E-state index contributed by atoms with van der Waals surface area (Å²) in [6, 6.07) is 5.77. The van der Waals surface area contributed by atoms with E-state index in [0.29, 0.717) is 13.2 Å². The Hall–Kier alpha value is -2.83. The minimum atomic E-state index is -0.0775. The van der Waals surface area contributed by atoms with Gasteiger partial charge in [0.2, 0.25) is 5.91 Å². The molecule has 1 N–H and O–H groups in total. The third-order valence-corrected chi connectivity index (χ3v) is 5.16. The summed E-state index contributed by atoms with van der Waals surface area (Å²) in [5.41, 5.74) is 1.02. The molecule has 0 aliphatic carbocycles. The number of nitrogens with one attached hydrogen (secondary N) is 1. The van der Waals surface area contributed by atoms with Crippen LogP contribution in [0.4, 0.5) is 5.82 Å². The lowest BCUT2D eigenvalue weighted by atomic mass is 9.95. The van der Waals surface area contributed by atoms with Crippen LogP contribution in [0.25, 0.3) is 0 Å². The van der Waals surface area contributed by atoms with Crippen LogP contribution in [0.5, 0.6) is 11.5 Å². The van der Waals surface area contributed by atoms with Gasteiger partial charge in [0.1, 0.15) is 19.0 Å². The standard InChI is InChI=1S/C20H24N4O3/c1-14(16-2-3-17-18(12-16)27-11-10-26-17)23-20(25)15-4-8-24(9-5-15)19-13-21-6-7-22-19/h2-3,6-7,12-15H,4-5,8-11H2,1H3,(H,23,25). The van der Waals surface area contributed by atoms with Crippen molar-refractivity contribution in [3.05, 3.63) is 42.4 Å². The number of amides is 1. The minimum absolute atomic E-state index is 0.0255. The van der Waals surface area contributed by atoms with Crippen molar-refractivity contribution in [2.75, 3.05) is 31.2 Å². The maximum absolute atomic E-state index is 12.7. The zero-order chi connectivity index (χ0) is 18.6. The van der Waals surface area contributed by atoms with Gasteiger partial charge in [0, 0.05) is 31.4 Å². The van der Waals surface area contributed by atoms with Crippen molar-refractivity contribution >= 4 is 11.7 Å². The summed E-state index contributed by atoms with van der Waals surface area (Å²) in [7, 11) is 0. The van der Waals surface area contributed by atoms with Crippen LogP contribution in [0, 0.1) is 5.92 Å². The molecule has 0 saturated carbocycles. The fraction of sp³-hybridized carbons (Fsp3) is 0.450. The van der Waals surface area contributed by atoms with Gasteiger partial charge in [0.05, 0.1) is 12.2 Å². The maximum atomic E-state index is 12.7. The Morgan fingerprint density at radius 1 is 1.19 bits per heavy atom. The maximum Gasteiger partial charge on any atom is 0.223 e. The SMILES string of the molecule is CC(NC(=O)C1CCN(c2cnccn2)CC1)c1ccc2c(c1)OCCO2. The quantitative estimate of drug-likeness (QED) is 0.893.